The van der Waals surface area contributed by atoms with Gasteiger partial charge in [-0.15, -0.1) is 0 Å². The van der Waals surface area contributed by atoms with Crippen LogP contribution in [0.25, 0.3) is 11.1 Å². The number of nitrogens with one attached hydrogen (secondary N) is 1. The average Bonchev–Trinajstić information content (AvgIpc) is 3.56. The van der Waals surface area contributed by atoms with Gasteiger partial charge in [-0.1, -0.05) is 95.5 Å². The fourth-order valence-corrected chi connectivity index (χ4v) is 9.12. The Morgan fingerprint density at radius 3 is 2.23 bits per heavy atom. The number of anilines is 1. The number of pyridine rings is 1. The second kappa shape index (κ2) is 15.7. The molecule has 2 saturated carbocycles. The second-order valence-electron chi connectivity index (χ2n) is 15.2. The minimum Gasteiger partial charge on any atom is -0.364 e. The largest absolute Gasteiger partial charge is 0.364 e. The Bertz CT molecular complexity index is 1570. The first kappa shape index (κ1) is 36.3. The summed E-state index contributed by atoms with van der Waals surface area (Å²) in [4.78, 5) is 32.0. The van der Waals surface area contributed by atoms with E-state index < -0.39 is 19.9 Å². The Balaban J connectivity index is 1.43. The molecule has 3 heterocycles. The molecule has 3 aromatic heterocycles. The van der Waals surface area contributed by atoms with E-state index in [0.717, 1.165) is 79.9 Å². The lowest BCUT2D eigenvalue weighted by atomic mass is 9.63. The third kappa shape index (κ3) is 8.39. The molecule has 0 bridgehead atoms. The Hall–Kier alpha value is -3.02. The smallest absolute Gasteiger partial charge is 0.267 e. The Labute approximate surface area is 291 Å². The van der Waals surface area contributed by atoms with Crippen LogP contribution in [-0.2, 0) is 23.3 Å². The monoisotopic (exact) mass is 695 g/mol. The van der Waals surface area contributed by atoms with E-state index in [0.29, 0.717) is 42.2 Å². The number of aromatic nitrogens is 5. The maximum atomic E-state index is 14.6. The zero-order chi connectivity index (χ0) is 34.6. The summed E-state index contributed by atoms with van der Waals surface area (Å²) in [6, 6.07) is 4.78. The highest BCUT2D eigenvalue weighted by atomic mass is 35.5. The summed E-state index contributed by atoms with van der Waals surface area (Å²) in [5, 5.41) is 12.5. The van der Waals surface area contributed by atoms with Gasteiger partial charge in [-0.2, -0.15) is 10.2 Å². The van der Waals surface area contributed by atoms with Crippen molar-refractivity contribution in [2.45, 2.75) is 116 Å². The zero-order valence-electron chi connectivity index (χ0n) is 29.6. The molecule has 2 aliphatic rings. The summed E-state index contributed by atoms with van der Waals surface area (Å²) >= 11 is 6.85. The van der Waals surface area contributed by atoms with E-state index in [1.165, 1.54) is 17.5 Å². The molecule has 10 nitrogen and oxygen atoms in total. The van der Waals surface area contributed by atoms with Gasteiger partial charge in [0.25, 0.3) is 5.91 Å². The van der Waals surface area contributed by atoms with E-state index in [-0.39, 0.29) is 17.0 Å². The van der Waals surface area contributed by atoms with Gasteiger partial charge in [0.2, 0.25) is 5.91 Å². The molecular weight excluding hydrogens is 642 g/mol. The first-order valence-electron chi connectivity index (χ1n) is 17.8. The fourth-order valence-electron chi connectivity index (χ4n) is 8.11. The van der Waals surface area contributed by atoms with Gasteiger partial charge < -0.3 is 15.8 Å². The fraction of sp³-hybridized carbons (Fsp3) is 0.639. The van der Waals surface area contributed by atoms with E-state index >= 15 is 0 Å². The highest BCUT2D eigenvalue weighted by molar-refractivity contribution is 6.76. The molecular formula is C36H54ClN7O3Si. The summed E-state index contributed by atoms with van der Waals surface area (Å²) in [6.45, 7) is 12.1. The van der Waals surface area contributed by atoms with E-state index in [9.17, 15) is 9.59 Å². The van der Waals surface area contributed by atoms with Crippen LogP contribution in [0.15, 0.2) is 18.3 Å². The lowest BCUT2D eigenvalue weighted by Crippen LogP contribution is -2.39. The Morgan fingerprint density at radius 1 is 1.04 bits per heavy atom. The highest BCUT2D eigenvalue weighted by Gasteiger charge is 2.43. The SMILES string of the molecule is Cc1nn(COCC[Si](C)(C)C)c(C)c1-c1ccc(NC(=O)C(c2cnn(C)c2C(N)=O)C(C2CCCCC2)C2CCCCC2)nc1Cl. The van der Waals surface area contributed by atoms with Crippen LogP contribution in [0, 0.1) is 31.6 Å². The number of amides is 2. The maximum Gasteiger partial charge on any atom is 0.267 e. The van der Waals surface area contributed by atoms with Crippen LogP contribution >= 0.6 is 11.6 Å². The van der Waals surface area contributed by atoms with Crippen molar-refractivity contribution in [3.63, 3.8) is 0 Å². The van der Waals surface area contributed by atoms with Crippen molar-refractivity contribution in [1.82, 2.24) is 24.5 Å². The van der Waals surface area contributed by atoms with Crippen molar-refractivity contribution < 1.29 is 14.3 Å². The van der Waals surface area contributed by atoms with Crippen molar-refractivity contribution in [2.75, 3.05) is 11.9 Å². The van der Waals surface area contributed by atoms with Crippen LogP contribution in [0.1, 0.15) is 97.6 Å². The molecule has 2 fully saturated rings. The number of hydrogen-bond donors (Lipinski definition) is 2. The molecule has 0 radical (unpaired) electrons. The van der Waals surface area contributed by atoms with Crippen LogP contribution in [-0.4, -0.2) is 51.0 Å². The summed E-state index contributed by atoms with van der Waals surface area (Å²) in [5.41, 5.74) is 10.2. The van der Waals surface area contributed by atoms with Crippen LogP contribution in [0.4, 0.5) is 5.82 Å². The van der Waals surface area contributed by atoms with Gasteiger partial charge in [0.15, 0.2) is 0 Å². The number of nitrogens with zero attached hydrogens (tertiary/aromatic N) is 5. The number of primary amides is 1. The number of rotatable bonds is 13. The van der Waals surface area contributed by atoms with Crippen molar-refractivity contribution in [3.8, 4) is 11.1 Å². The van der Waals surface area contributed by atoms with Crippen molar-refractivity contribution in [1.29, 1.82) is 0 Å². The minimum atomic E-state index is -1.19. The van der Waals surface area contributed by atoms with Gasteiger partial charge in [-0.05, 0) is 49.8 Å². The molecule has 2 aliphatic carbocycles. The normalized spacial score (nSPS) is 17.2. The van der Waals surface area contributed by atoms with E-state index in [1.807, 2.05) is 24.6 Å². The number of carbonyl (C=O) groups is 2. The molecule has 1 atom stereocenters. The second-order valence-corrected chi connectivity index (χ2v) is 21.2. The molecule has 3 N–H and O–H groups in total. The van der Waals surface area contributed by atoms with Crippen LogP contribution in [0.2, 0.25) is 30.8 Å². The third-order valence-electron chi connectivity index (χ3n) is 10.6. The Kier molecular flexibility index (Phi) is 11.8. The summed E-state index contributed by atoms with van der Waals surface area (Å²) in [7, 11) is 0.524. The number of nitrogens with two attached hydrogens (primary N) is 1. The van der Waals surface area contributed by atoms with E-state index in [1.54, 1.807) is 19.3 Å². The lowest BCUT2D eigenvalue weighted by molar-refractivity contribution is -0.120. The van der Waals surface area contributed by atoms with Gasteiger partial charge in [0, 0.05) is 44.1 Å². The molecule has 262 valence electrons. The van der Waals surface area contributed by atoms with Crippen molar-refractivity contribution >= 4 is 37.3 Å². The first-order chi connectivity index (χ1) is 22.9. The number of hydrogen-bond acceptors (Lipinski definition) is 6. The summed E-state index contributed by atoms with van der Waals surface area (Å²) in [5.74, 6) is -0.139. The minimum absolute atomic E-state index is 0.0757. The van der Waals surface area contributed by atoms with Crippen LogP contribution < -0.4 is 11.1 Å². The highest BCUT2D eigenvalue weighted by Crippen LogP contribution is 2.48. The van der Waals surface area contributed by atoms with Gasteiger partial charge >= 0.3 is 0 Å². The predicted molar refractivity (Wildman–Crippen MR) is 194 cm³/mol. The molecule has 0 aromatic carbocycles. The van der Waals surface area contributed by atoms with Crippen LogP contribution in [0.5, 0.6) is 0 Å². The standard InChI is InChI=1S/C36H54ClN7O3Si/c1-23-30(24(2)44(42-23)22-47-19-20-48(4,5)6)27-17-18-29(40-34(27)37)41-36(46)32(28-21-39-43(3)33(28)35(38)45)31(25-13-9-7-10-14-25)26-15-11-8-12-16-26/h17-18,21,25-26,31-32H,7-16,19-20,22H2,1-6H3,(H2,38,45)(H,40,41,46). The maximum absolute atomic E-state index is 14.6. The van der Waals surface area contributed by atoms with Gasteiger partial charge in [-0.25, -0.2) is 9.67 Å². The Morgan fingerprint density at radius 2 is 1.67 bits per heavy atom. The lowest BCUT2D eigenvalue weighted by Gasteiger charge is -2.41. The predicted octanol–water partition coefficient (Wildman–Crippen LogP) is 7.86. The van der Waals surface area contributed by atoms with Crippen LogP contribution in [0.3, 0.4) is 0 Å². The van der Waals surface area contributed by atoms with Gasteiger partial charge in [0.05, 0.1) is 17.8 Å². The number of halogens is 1. The van der Waals surface area contributed by atoms with Crippen molar-refractivity contribution in [3.05, 3.63) is 46.1 Å². The van der Waals surface area contributed by atoms with Gasteiger partial charge in [0.1, 0.15) is 23.4 Å². The molecule has 0 aliphatic heterocycles. The topological polar surface area (TPSA) is 130 Å². The molecule has 5 rings (SSSR count). The van der Waals surface area contributed by atoms with Crippen molar-refractivity contribution in [2.24, 2.45) is 30.5 Å². The average molecular weight is 696 g/mol. The van der Waals surface area contributed by atoms with Gasteiger partial charge in [-0.3, -0.25) is 14.3 Å². The number of ether oxygens (including phenoxy) is 1. The zero-order valence-corrected chi connectivity index (χ0v) is 31.4. The summed E-state index contributed by atoms with van der Waals surface area (Å²) < 4.78 is 9.34. The first-order valence-corrected chi connectivity index (χ1v) is 21.9. The molecule has 0 saturated heterocycles. The molecule has 2 amide bonds. The third-order valence-corrected chi connectivity index (χ3v) is 12.5. The number of aryl methyl sites for hydroxylation is 2. The molecule has 12 heteroatoms. The number of carbonyl (C=O) groups excluding carboxylic acids is 2. The molecule has 1 unspecified atom stereocenters. The van der Waals surface area contributed by atoms with E-state index in [2.05, 4.69) is 35.0 Å². The summed E-state index contributed by atoms with van der Waals surface area (Å²) in [6.07, 6.45) is 13.1. The quantitative estimate of drug-likeness (QED) is 0.106. The molecule has 48 heavy (non-hydrogen) atoms. The molecule has 0 spiro atoms. The van der Waals surface area contributed by atoms with E-state index in [4.69, 9.17) is 27.2 Å². The molecule has 3 aromatic rings.